The van der Waals surface area contributed by atoms with Gasteiger partial charge in [0.1, 0.15) is 11.9 Å². The van der Waals surface area contributed by atoms with Crippen LogP contribution in [0.4, 0.5) is 15.8 Å². The average Bonchev–Trinajstić information content (AvgIpc) is 2.44. The molecular formula is C16H17FN2O. The fourth-order valence-corrected chi connectivity index (χ4v) is 1.87. The SMILES string of the molecule is Cc1cccc(F)c1NC(C)C(=O)Nc1ccccc1. The molecule has 0 spiro atoms. The minimum Gasteiger partial charge on any atom is -0.371 e. The van der Waals surface area contributed by atoms with Crippen LogP contribution in [0.5, 0.6) is 0 Å². The maximum Gasteiger partial charge on any atom is 0.246 e. The van der Waals surface area contributed by atoms with Gasteiger partial charge in [-0.1, -0.05) is 30.3 Å². The Morgan fingerprint density at radius 3 is 2.45 bits per heavy atom. The quantitative estimate of drug-likeness (QED) is 0.893. The molecule has 0 saturated carbocycles. The highest BCUT2D eigenvalue weighted by Gasteiger charge is 2.15. The predicted octanol–water partition coefficient (Wildman–Crippen LogP) is 3.57. The lowest BCUT2D eigenvalue weighted by Crippen LogP contribution is -2.32. The van der Waals surface area contributed by atoms with Crippen molar-refractivity contribution in [2.75, 3.05) is 10.6 Å². The Morgan fingerprint density at radius 1 is 1.10 bits per heavy atom. The summed E-state index contributed by atoms with van der Waals surface area (Å²) in [6, 6.07) is 13.4. The van der Waals surface area contributed by atoms with E-state index in [2.05, 4.69) is 10.6 Å². The van der Waals surface area contributed by atoms with Crippen molar-refractivity contribution in [1.82, 2.24) is 0 Å². The van der Waals surface area contributed by atoms with E-state index in [1.54, 1.807) is 38.1 Å². The molecule has 0 fully saturated rings. The first-order chi connectivity index (χ1) is 9.58. The molecule has 0 saturated heterocycles. The molecule has 0 aliphatic rings. The molecule has 1 atom stereocenters. The topological polar surface area (TPSA) is 41.1 Å². The van der Waals surface area contributed by atoms with Crippen LogP contribution in [-0.4, -0.2) is 11.9 Å². The van der Waals surface area contributed by atoms with Crippen LogP contribution in [0.25, 0.3) is 0 Å². The Kier molecular flexibility index (Phi) is 4.35. The van der Waals surface area contributed by atoms with E-state index in [4.69, 9.17) is 0 Å². The number of amides is 1. The molecule has 0 radical (unpaired) electrons. The second-order valence-electron chi connectivity index (χ2n) is 4.65. The fraction of sp³-hybridized carbons (Fsp3) is 0.188. The molecule has 0 heterocycles. The summed E-state index contributed by atoms with van der Waals surface area (Å²) < 4.78 is 13.7. The van der Waals surface area contributed by atoms with E-state index in [0.717, 1.165) is 11.3 Å². The van der Waals surface area contributed by atoms with E-state index in [0.29, 0.717) is 5.69 Å². The number of anilines is 2. The van der Waals surface area contributed by atoms with Gasteiger partial charge in [0.15, 0.2) is 0 Å². The van der Waals surface area contributed by atoms with Gasteiger partial charge in [0, 0.05) is 5.69 Å². The lowest BCUT2D eigenvalue weighted by molar-refractivity contribution is -0.116. The first kappa shape index (κ1) is 14.1. The summed E-state index contributed by atoms with van der Waals surface area (Å²) in [7, 11) is 0. The number of halogens is 1. The third kappa shape index (κ3) is 3.35. The molecule has 1 unspecified atom stereocenters. The van der Waals surface area contributed by atoms with E-state index in [9.17, 15) is 9.18 Å². The number of nitrogens with one attached hydrogen (secondary N) is 2. The lowest BCUT2D eigenvalue weighted by Gasteiger charge is -2.17. The van der Waals surface area contributed by atoms with Crippen LogP contribution in [-0.2, 0) is 4.79 Å². The first-order valence-electron chi connectivity index (χ1n) is 6.45. The molecule has 0 aliphatic carbocycles. The molecule has 0 aromatic heterocycles. The monoisotopic (exact) mass is 272 g/mol. The van der Waals surface area contributed by atoms with Gasteiger partial charge in [-0.15, -0.1) is 0 Å². The molecule has 0 bridgehead atoms. The summed E-state index contributed by atoms with van der Waals surface area (Å²) in [6.45, 7) is 3.50. The van der Waals surface area contributed by atoms with Gasteiger partial charge in [-0.25, -0.2) is 4.39 Å². The Bertz CT molecular complexity index is 578. The van der Waals surface area contributed by atoms with E-state index in [-0.39, 0.29) is 11.7 Å². The van der Waals surface area contributed by atoms with Crippen molar-refractivity contribution in [3.63, 3.8) is 0 Å². The van der Waals surface area contributed by atoms with E-state index >= 15 is 0 Å². The Hall–Kier alpha value is -2.36. The van der Waals surface area contributed by atoms with Crippen molar-refractivity contribution in [3.8, 4) is 0 Å². The number of carbonyl (C=O) groups excluding carboxylic acids is 1. The molecule has 2 rings (SSSR count). The molecule has 20 heavy (non-hydrogen) atoms. The summed E-state index contributed by atoms with van der Waals surface area (Å²) in [5.41, 5.74) is 1.85. The summed E-state index contributed by atoms with van der Waals surface area (Å²) in [6.07, 6.45) is 0. The fourth-order valence-electron chi connectivity index (χ4n) is 1.87. The number of hydrogen-bond donors (Lipinski definition) is 2. The molecule has 4 heteroatoms. The van der Waals surface area contributed by atoms with Gasteiger partial charge in [-0.2, -0.15) is 0 Å². The molecule has 1 amide bonds. The largest absolute Gasteiger partial charge is 0.371 e. The van der Waals surface area contributed by atoms with Gasteiger partial charge >= 0.3 is 0 Å². The Labute approximate surface area is 117 Å². The number of hydrogen-bond acceptors (Lipinski definition) is 2. The van der Waals surface area contributed by atoms with E-state index in [1.807, 2.05) is 18.2 Å². The van der Waals surface area contributed by atoms with Gasteiger partial charge in [-0.05, 0) is 37.6 Å². The van der Waals surface area contributed by atoms with Crippen LogP contribution in [0.3, 0.4) is 0 Å². The minimum absolute atomic E-state index is 0.209. The van der Waals surface area contributed by atoms with Crippen LogP contribution in [0, 0.1) is 12.7 Å². The molecule has 2 aromatic rings. The highest BCUT2D eigenvalue weighted by Crippen LogP contribution is 2.19. The van der Waals surface area contributed by atoms with Gasteiger partial charge in [0.25, 0.3) is 0 Å². The van der Waals surface area contributed by atoms with Crippen molar-refractivity contribution in [2.24, 2.45) is 0 Å². The molecular weight excluding hydrogens is 255 g/mol. The van der Waals surface area contributed by atoms with Gasteiger partial charge in [0.2, 0.25) is 5.91 Å². The minimum atomic E-state index is -0.536. The maximum absolute atomic E-state index is 13.7. The number of rotatable bonds is 4. The zero-order valence-electron chi connectivity index (χ0n) is 11.5. The lowest BCUT2D eigenvalue weighted by atomic mass is 10.1. The van der Waals surface area contributed by atoms with Crippen molar-refractivity contribution in [1.29, 1.82) is 0 Å². The summed E-state index contributed by atoms with van der Waals surface area (Å²) in [5, 5.41) is 5.69. The van der Waals surface area contributed by atoms with Crippen molar-refractivity contribution >= 4 is 17.3 Å². The average molecular weight is 272 g/mol. The standard InChI is InChI=1S/C16H17FN2O/c1-11-7-6-10-14(17)15(11)18-12(2)16(20)19-13-8-4-3-5-9-13/h3-10,12,18H,1-2H3,(H,19,20). The number of benzene rings is 2. The van der Waals surface area contributed by atoms with Crippen molar-refractivity contribution in [3.05, 3.63) is 59.9 Å². The number of aryl methyl sites for hydroxylation is 1. The highest BCUT2D eigenvalue weighted by atomic mass is 19.1. The Morgan fingerprint density at radius 2 is 1.80 bits per heavy atom. The highest BCUT2D eigenvalue weighted by molar-refractivity contribution is 5.96. The smallest absolute Gasteiger partial charge is 0.246 e. The molecule has 104 valence electrons. The summed E-state index contributed by atoms with van der Waals surface area (Å²) >= 11 is 0. The zero-order valence-corrected chi connectivity index (χ0v) is 11.5. The number of carbonyl (C=O) groups is 1. The van der Waals surface area contributed by atoms with E-state index in [1.165, 1.54) is 6.07 Å². The third-order valence-corrected chi connectivity index (χ3v) is 3.02. The maximum atomic E-state index is 13.7. The predicted molar refractivity (Wildman–Crippen MR) is 79.3 cm³/mol. The van der Waals surface area contributed by atoms with Crippen LogP contribution in [0.1, 0.15) is 12.5 Å². The third-order valence-electron chi connectivity index (χ3n) is 3.02. The van der Waals surface area contributed by atoms with Crippen molar-refractivity contribution in [2.45, 2.75) is 19.9 Å². The molecule has 2 N–H and O–H groups in total. The molecule has 2 aromatic carbocycles. The van der Waals surface area contributed by atoms with Crippen LogP contribution in [0.15, 0.2) is 48.5 Å². The van der Waals surface area contributed by atoms with E-state index < -0.39 is 6.04 Å². The van der Waals surface area contributed by atoms with Gasteiger partial charge in [-0.3, -0.25) is 4.79 Å². The molecule has 3 nitrogen and oxygen atoms in total. The van der Waals surface area contributed by atoms with Crippen LogP contribution >= 0.6 is 0 Å². The van der Waals surface area contributed by atoms with Crippen molar-refractivity contribution < 1.29 is 9.18 Å². The molecule has 0 aliphatic heterocycles. The zero-order chi connectivity index (χ0) is 14.5. The normalized spacial score (nSPS) is 11.8. The summed E-state index contributed by atoms with van der Waals surface area (Å²) in [4.78, 5) is 12.0. The van der Waals surface area contributed by atoms with Gasteiger partial charge in [0.05, 0.1) is 5.69 Å². The second-order valence-corrected chi connectivity index (χ2v) is 4.65. The van der Waals surface area contributed by atoms with Gasteiger partial charge < -0.3 is 10.6 Å². The van der Waals surface area contributed by atoms with Crippen LogP contribution < -0.4 is 10.6 Å². The Balaban J connectivity index is 2.05. The number of para-hydroxylation sites is 2. The summed E-state index contributed by atoms with van der Waals surface area (Å²) in [5.74, 6) is -0.566. The van der Waals surface area contributed by atoms with Crippen LogP contribution in [0.2, 0.25) is 0 Å². The second kappa shape index (κ2) is 6.19. The first-order valence-corrected chi connectivity index (χ1v) is 6.45.